The van der Waals surface area contributed by atoms with Gasteiger partial charge in [-0.1, -0.05) is 50.2 Å². The van der Waals surface area contributed by atoms with Crippen LogP contribution in [-0.4, -0.2) is 17.7 Å². The summed E-state index contributed by atoms with van der Waals surface area (Å²) >= 11 is 0. The molecule has 0 bridgehead atoms. The van der Waals surface area contributed by atoms with Gasteiger partial charge in [0.1, 0.15) is 5.75 Å². The number of benzene rings is 2. The molecule has 0 saturated heterocycles. The summed E-state index contributed by atoms with van der Waals surface area (Å²) in [6, 6.07) is 15.1. The van der Waals surface area contributed by atoms with Gasteiger partial charge in [-0.3, -0.25) is 0 Å². The zero-order valence-corrected chi connectivity index (χ0v) is 17.3. The summed E-state index contributed by atoms with van der Waals surface area (Å²) in [4.78, 5) is 12.5. The molecule has 0 heterocycles. The summed E-state index contributed by atoms with van der Waals surface area (Å²) in [5.41, 5.74) is 0.767. The maximum absolute atomic E-state index is 12.5. The van der Waals surface area contributed by atoms with Gasteiger partial charge >= 0.3 is 18.9 Å². The molecule has 0 saturated carbocycles. The second-order valence-electron chi connectivity index (χ2n) is 6.09. The van der Waals surface area contributed by atoms with Gasteiger partial charge in [-0.05, 0) is 38.3 Å². The Labute approximate surface area is 170 Å². The summed E-state index contributed by atoms with van der Waals surface area (Å²) in [5.74, 6) is 1.50. The molecule has 2 unspecified atom stereocenters. The van der Waals surface area contributed by atoms with Crippen LogP contribution in [0.25, 0.3) is 0 Å². The number of carbonyl (C=O) groups is 1. The fourth-order valence-electron chi connectivity index (χ4n) is 2.12. The molecular formula is C21H26LiO3P. The van der Waals surface area contributed by atoms with Gasteiger partial charge in [0.25, 0.3) is 0 Å². The SMILES string of the molecule is CCC(C)Oc1ccc([P-]C(=O)c2ccccc2)c(OC(C)CC)c1.[Li+]. The smallest absolute Gasteiger partial charge is 0.493 e. The van der Waals surface area contributed by atoms with Crippen LogP contribution in [0.2, 0.25) is 0 Å². The Kier molecular flexibility index (Phi) is 10.0. The third-order valence-electron chi connectivity index (χ3n) is 3.99. The van der Waals surface area contributed by atoms with Gasteiger partial charge in [0.05, 0.1) is 18.0 Å². The van der Waals surface area contributed by atoms with Crippen molar-refractivity contribution in [2.24, 2.45) is 0 Å². The Morgan fingerprint density at radius 3 is 2.19 bits per heavy atom. The molecule has 0 fully saturated rings. The van der Waals surface area contributed by atoms with Gasteiger partial charge in [0.15, 0.2) is 0 Å². The Bertz CT molecular complexity index is 691. The first-order chi connectivity index (χ1) is 12.0. The van der Waals surface area contributed by atoms with E-state index >= 15 is 0 Å². The van der Waals surface area contributed by atoms with Crippen molar-refractivity contribution in [2.45, 2.75) is 52.7 Å². The van der Waals surface area contributed by atoms with Gasteiger partial charge < -0.3 is 22.8 Å². The number of hydrogen-bond acceptors (Lipinski definition) is 3. The van der Waals surface area contributed by atoms with E-state index in [1.165, 1.54) is 0 Å². The Hall–Kier alpha value is -1.26. The fraction of sp³-hybridized carbons (Fsp3) is 0.381. The molecule has 2 rings (SSSR count). The minimum Gasteiger partial charge on any atom is -0.493 e. The van der Waals surface area contributed by atoms with Crippen LogP contribution in [0.5, 0.6) is 11.5 Å². The van der Waals surface area contributed by atoms with Crippen LogP contribution in [0.15, 0.2) is 48.5 Å². The van der Waals surface area contributed by atoms with Crippen LogP contribution in [-0.2, 0) is 0 Å². The van der Waals surface area contributed by atoms with E-state index in [4.69, 9.17) is 9.47 Å². The largest absolute Gasteiger partial charge is 1.00 e. The van der Waals surface area contributed by atoms with Gasteiger partial charge in [-0.2, -0.15) is 5.30 Å². The molecule has 0 aliphatic heterocycles. The predicted octanol–water partition coefficient (Wildman–Crippen LogP) is 2.46. The number of ether oxygens (including phenoxy) is 2. The van der Waals surface area contributed by atoms with Crippen molar-refractivity contribution in [3.8, 4) is 11.5 Å². The molecule has 26 heavy (non-hydrogen) atoms. The molecule has 0 spiro atoms. The van der Waals surface area contributed by atoms with Crippen LogP contribution in [0.1, 0.15) is 50.9 Å². The second-order valence-corrected chi connectivity index (χ2v) is 7.20. The van der Waals surface area contributed by atoms with Gasteiger partial charge in [-0.25, -0.2) is 0 Å². The maximum Gasteiger partial charge on any atom is 1.00 e. The Morgan fingerprint density at radius 2 is 1.58 bits per heavy atom. The average Bonchev–Trinajstić information content (AvgIpc) is 2.64. The third-order valence-corrected chi connectivity index (χ3v) is 5.06. The molecule has 2 aromatic carbocycles. The molecule has 2 aromatic rings. The van der Waals surface area contributed by atoms with Crippen molar-refractivity contribution in [3.05, 3.63) is 54.1 Å². The van der Waals surface area contributed by atoms with Crippen molar-refractivity contribution >= 4 is 19.4 Å². The molecule has 0 aromatic heterocycles. The summed E-state index contributed by atoms with van der Waals surface area (Å²) in [5, 5.41) is 0.866. The number of rotatable bonds is 9. The summed E-state index contributed by atoms with van der Waals surface area (Å²) in [6.07, 6.45) is 2.07. The first kappa shape index (κ1) is 22.8. The standard InChI is InChI=1S/C21H26O3P.Li/c1-5-15(3)23-18-12-13-20(19(14-18)24-16(4)6-2)25-21(22)17-10-8-7-9-11-17;/h7-16H,5-6H2,1-4H3;/q-1;+1. The molecule has 0 N–H and O–H groups in total. The Balaban J connectivity index is 0.00000338. The quantitative estimate of drug-likeness (QED) is 0.507. The van der Waals surface area contributed by atoms with E-state index in [9.17, 15) is 4.79 Å². The molecule has 2 atom stereocenters. The monoisotopic (exact) mass is 364 g/mol. The summed E-state index contributed by atoms with van der Waals surface area (Å²) < 4.78 is 11.9. The van der Waals surface area contributed by atoms with E-state index in [0.29, 0.717) is 14.1 Å². The van der Waals surface area contributed by atoms with Crippen LogP contribution in [0.3, 0.4) is 0 Å². The topological polar surface area (TPSA) is 35.5 Å². The van der Waals surface area contributed by atoms with Crippen molar-refractivity contribution in [2.75, 3.05) is 0 Å². The van der Waals surface area contributed by atoms with Gasteiger partial charge in [-0.15, -0.1) is 0 Å². The van der Waals surface area contributed by atoms with E-state index in [1.807, 2.05) is 62.4 Å². The molecule has 0 radical (unpaired) electrons. The van der Waals surface area contributed by atoms with Gasteiger partial charge in [0.2, 0.25) is 0 Å². The van der Waals surface area contributed by atoms with Crippen LogP contribution in [0, 0.1) is 0 Å². The molecule has 134 valence electrons. The average molecular weight is 364 g/mol. The molecule has 5 heteroatoms. The molecule has 0 aliphatic carbocycles. The van der Waals surface area contributed by atoms with Gasteiger partial charge in [0, 0.05) is 11.6 Å². The minimum atomic E-state index is 0. The fourth-order valence-corrected chi connectivity index (χ4v) is 3.00. The first-order valence-corrected chi connectivity index (χ1v) is 9.71. The molecular weight excluding hydrogens is 338 g/mol. The predicted molar refractivity (Wildman–Crippen MR) is 105 cm³/mol. The Morgan fingerprint density at radius 1 is 0.962 bits per heavy atom. The third kappa shape index (κ3) is 6.80. The van der Waals surface area contributed by atoms with Crippen molar-refractivity contribution in [3.63, 3.8) is 0 Å². The van der Waals surface area contributed by atoms with E-state index < -0.39 is 0 Å². The van der Waals surface area contributed by atoms with Crippen LogP contribution >= 0.6 is 8.58 Å². The van der Waals surface area contributed by atoms with E-state index in [2.05, 4.69) is 13.8 Å². The zero-order valence-electron chi connectivity index (χ0n) is 16.4. The normalized spacial score (nSPS) is 13.1. The van der Waals surface area contributed by atoms with Crippen molar-refractivity contribution in [1.29, 1.82) is 0 Å². The van der Waals surface area contributed by atoms with E-state index in [1.54, 1.807) is 0 Å². The van der Waals surface area contributed by atoms with Crippen LogP contribution in [0.4, 0.5) is 0 Å². The second kappa shape index (κ2) is 11.5. The molecule has 0 amide bonds. The zero-order chi connectivity index (χ0) is 18.2. The van der Waals surface area contributed by atoms with Crippen LogP contribution < -0.4 is 33.6 Å². The summed E-state index contributed by atoms with van der Waals surface area (Å²) in [7, 11) is 0.609. The maximum atomic E-state index is 12.5. The summed E-state index contributed by atoms with van der Waals surface area (Å²) in [6.45, 7) is 8.24. The van der Waals surface area contributed by atoms with Crippen molar-refractivity contribution in [1.82, 2.24) is 0 Å². The molecule has 3 nitrogen and oxygen atoms in total. The van der Waals surface area contributed by atoms with E-state index in [-0.39, 0.29) is 36.6 Å². The number of carbonyl (C=O) groups excluding carboxylic acids is 1. The minimum absolute atomic E-state index is 0. The number of hydrogen-bond donors (Lipinski definition) is 0. The first-order valence-electron chi connectivity index (χ1n) is 8.82. The van der Waals surface area contributed by atoms with Crippen molar-refractivity contribution < 1.29 is 33.1 Å². The van der Waals surface area contributed by atoms with E-state index in [0.717, 1.165) is 29.6 Å². The molecule has 0 aliphatic rings.